The third-order valence-corrected chi connectivity index (χ3v) is 1.97. The van der Waals surface area contributed by atoms with Gasteiger partial charge in [-0.1, -0.05) is 0 Å². The van der Waals surface area contributed by atoms with Gasteiger partial charge in [-0.15, -0.1) is 0 Å². The van der Waals surface area contributed by atoms with E-state index >= 15 is 0 Å². The van der Waals surface area contributed by atoms with Crippen molar-refractivity contribution in [2.24, 2.45) is 4.99 Å². The van der Waals surface area contributed by atoms with Crippen LogP contribution in [0.3, 0.4) is 0 Å². The van der Waals surface area contributed by atoms with Gasteiger partial charge in [0.25, 0.3) is 0 Å². The van der Waals surface area contributed by atoms with Gasteiger partial charge < -0.3 is 20.1 Å². The molecule has 0 aliphatic heterocycles. The molecule has 6 heteroatoms. The Bertz CT molecular complexity index is 232. The second kappa shape index (κ2) is 11.2. The smallest absolute Gasteiger partial charge is 0.307 e. The summed E-state index contributed by atoms with van der Waals surface area (Å²) in [4.78, 5) is 15.2. The van der Waals surface area contributed by atoms with Crippen molar-refractivity contribution >= 4 is 11.9 Å². The van der Waals surface area contributed by atoms with Crippen molar-refractivity contribution in [1.29, 1.82) is 0 Å². The fraction of sp³-hybridized carbons (Fsp3) is 0.818. The quantitative estimate of drug-likeness (QED) is 0.275. The monoisotopic (exact) mass is 245 g/mol. The topological polar surface area (TPSA) is 72.0 Å². The van der Waals surface area contributed by atoms with E-state index in [0.29, 0.717) is 32.1 Å². The normalized spacial score (nSPS) is 11.1. The number of ether oxygens (including phenoxy) is 2. The first-order valence-electron chi connectivity index (χ1n) is 5.82. The first-order chi connectivity index (χ1) is 8.24. The lowest BCUT2D eigenvalue weighted by molar-refractivity contribution is -0.140. The molecule has 6 nitrogen and oxygen atoms in total. The molecule has 0 heterocycles. The van der Waals surface area contributed by atoms with Crippen molar-refractivity contribution in [2.75, 3.05) is 40.5 Å². The standard InChI is InChI=1S/C11H23N3O3/c1-4-12-11(13-7-5-9-16-2)14-8-6-10(15)17-3/h4-9H2,1-3H3,(H2,12,13,14). The van der Waals surface area contributed by atoms with Gasteiger partial charge >= 0.3 is 5.97 Å². The van der Waals surface area contributed by atoms with E-state index in [1.807, 2.05) is 6.92 Å². The molecule has 0 saturated carbocycles. The summed E-state index contributed by atoms with van der Waals surface area (Å²) in [5.74, 6) is 0.486. The third-order valence-electron chi connectivity index (χ3n) is 1.97. The Kier molecular flexibility index (Phi) is 10.3. The van der Waals surface area contributed by atoms with Crippen LogP contribution >= 0.6 is 0 Å². The number of hydrogen-bond acceptors (Lipinski definition) is 4. The zero-order chi connectivity index (χ0) is 12.9. The molecule has 0 saturated heterocycles. The summed E-state index contributed by atoms with van der Waals surface area (Å²) in [6.07, 6.45) is 1.21. The van der Waals surface area contributed by atoms with Crippen LogP contribution in [0, 0.1) is 0 Å². The summed E-state index contributed by atoms with van der Waals surface area (Å²) in [5, 5.41) is 6.16. The van der Waals surface area contributed by atoms with Gasteiger partial charge in [0.2, 0.25) is 0 Å². The number of nitrogens with zero attached hydrogens (tertiary/aromatic N) is 1. The average Bonchev–Trinajstić information content (AvgIpc) is 2.34. The van der Waals surface area contributed by atoms with Crippen LogP contribution in [0.4, 0.5) is 0 Å². The van der Waals surface area contributed by atoms with E-state index in [9.17, 15) is 4.79 Å². The molecule has 0 radical (unpaired) electrons. The number of esters is 1. The van der Waals surface area contributed by atoms with E-state index in [4.69, 9.17) is 4.74 Å². The molecule has 0 rings (SSSR count). The predicted molar refractivity (Wildman–Crippen MR) is 67.1 cm³/mol. The lowest BCUT2D eigenvalue weighted by atomic mass is 10.4. The minimum absolute atomic E-state index is 0.229. The summed E-state index contributed by atoms with van der Waals surface area (Å²) in [7, 11) is 3.05. The number of carbonyl (C=O) groups excluding carboxylic acids is 1. The predicted octanol–water partition coefficient (Wildman–Crippen LogP) is 0.141. The molecular weight excluding hydrogens is 222 g/mol. The molecule has 100 valence electrons. The molecule has 0 aromatic carbocycles. The molecule has 0 amide bonds. The second-order valence-corrected chi connectivity index (χ2v) is 3.36. The van der Waals surface area contributed by atoms with Crippen molar-refractivity contribution in [3.63, 3.8) is 0 Å². The van der Waals surface area contributed by atoms with E-state index < -0.39 is 0 Å². The highest BCUT2D eigenvalue weighted by molar-refractivity contribution is 5.80. The molecule has 0 aliphatic rings. The Balaban J connectivity index is 3.83. The molecule has 0 aliphatic carbocycles. The van der Waals surface area contributed by atoms with Crippen LogP contribution in [-0.2, 0) is 14.3 Å². The SMILES string of the molecule is CCNC(=NCCCOC)NCCC(=O)OC. The van der Waals surface area contributed by atoms with Gasteiger partial charge in [0.1, 0.15) is 0 Å². The fourth-order valence-electron chi connectivity index (χ4n) is 1.13. The largest absolute Gasteiger partial charge is 0.469 e. The van der Waals surface area contributed by atoms with Gasteiger partial charge in [-0.25, -0.2) is 0 Å². The van der Waals surface area contributed by atoms with Crippen molar-refractivity contribution in [3.8, 4) is 0 Å². The number of aliphatic imine (C=N–C) groups is 1. The van der Waals surface area contributed by atoms with E-state index in [0.717, 1.165) is 13.0 Å². The van der Waals surface area contributed by atoms with Crippen LogP contribution in [0.1, 0.15) is 19.8 Å². The molecule has 0 aromatic heterocycles. The van der Waals surface area contributed by atoms with Crippen molar-refractivity contribution < 1.29 is 14.3 Å². The molecule has 0 atom stereocenters. The first-order valence-corrected chi connectivity index (χ1v) is 5.82. The maximum atomic E-state index is 10.9. The van der Waals surface area contributed by atoms with Crippen LogP contribution in [0.5, 0.6) is 0 Å². The molecule has 2 N–H and O–H groups in total. The molecule has 0 unspecified atom stereocenters. The Morgan fingerprint density at radius 1 is 1.29 bits per heavy atom. The first kappa shape index (κ1) is 15.7. The average molecular weight is 245 g/mol. The summed E-state index contributed by atoms with van der Waals surface area (Å²) in [6.45, 7) is 4.69. The molecule has 0 bridgehead atoms. The number of carbonyl (C=O) groups is 1. The Hall–Kier alpha value is -1.30. The van der Waals surface area contributed by atoms with Gasteiger partial charge in [-0.2, -0.15) is 0 Å². The van der Waals surface area contributed by atoms with E-state index in [2.05, 4.69) is 20.4 Å². The number of nitrogens with one attached hydrogen (secondary N) is 2. The van der Waals surface area contributed by atoms with Crippen molar-refractivity contribution in [1.82, 2.24) is 10.6 Å². The fourth-order valence-corrected chi connectivity index (χ4v) is 1.13. The van der Waals surface area contributed by atoms with Gasteiger partial charge in [0, 0.05) is 33.4 Å². The van der Waals surface area contributed by atoms with Crippen molar-refractivity contribution in [3.05, 3.63) is 0 Å². The zero-order valence-electron chi connectivity index (χ0n) is 10.9. The summed E-state index contributed by atoms with van der Waals surface area (Å²) >= 11 is 0. The molecule has 0 aromatic rings. The minimum atomic E-state index is -0.229. The Labute approximate surface area is 103 Å². The van der Waals surface area contributed by atoms with Gasteiger partial charge in [-0.05, 0) is 13.3 Å². The summed E-state index contributed by atoms with van der Waals surface area (Å²) in [6, 6.07) is 0. The van der Waals surface area contributed by atoms with Crippen LogP contribution in [0.25, 0.3) is 0 Å². The minimum Gasteiger partial charge on any atom is -0.469 e. The lowest BCUT2D eigenvalue weighted by Crippen LogP contribution is -2.38. The van der Waals surface area contributed by atoms with Crippen LogP contribution in [-0.4, -0.2) is 52.4 Å². The Morgan fingerprint density at radius 2 is 2.06 bits per heavy atom. The van der Waals surface area contributed by atoms with E-state index in [-0.39, 0.29) is 5.97 Å². The highest BCUT2D eigenvalue weighted by Crippen LogP contribution is 1.84. The highest BCUT2D eigenvalue weighted by Gasteiger charge is 2.01. The molecular formula is C11H23N3O3. The van der Waals surface area contributed by atoms with Gasteiger partial charge in [0.05, 0.1) is 13.5 Å². The molecule has 17 heavy (non-hydrogen) atoms. The zero-order valence-corrected chi connectivity index (χ0v) is 10.9. The molecule has 0 spiro atoms. The molecule has 0 fully saturated rings. The maximum absolute atomic E-state index is 10.9. The lowest BCUT2D eigenvalue weighted by Gasteiger charge is -2.10. The summed E-state index contributed by atoms with van der Waals surface area (Å²) < 4.78 is 9.49. The second-order valence-electron chi connectivity index (χ2n) is 3.36. The van der Waals surface area contributed by atoms with Crippen LogP contribution < -0.4 is 10.6 Å². The number of guanidine groups is 1. The van der Waals surface area contributed by atoms with Crippen LogP contribution in [0.15, 0.2) is 4.99 Å². The number of hydrogen-bond donors (Lipinski definition) is 2. The number of rotatable bonds is 8. The number of methoxy groups -OCH3 is 2. The third kappa shape index (κ3) is 9.62. The van der Waals surface area contributed by atoms with Crippen molar-refractivity contribution in [2.45, 2.75) is 19.8 Å². The summed E-state index contributed by atoms with van der Waals surface area (Å²) in [5.41, 5.74) is 0. The van der Waals surface area contributed by atoms with E-state index in [1.165, 1.54) is 7.11 Å². The van der Waals surface area contributed by atoms with Gasteiger partial charge in [-0.3, -0.25) is 9.79 Å². The highest BCUT2D eigenvalue weighted by atomic mass is 16.5. The van der Waals surface area contributed by atoms with Crippen LogP contribution in [0.2, 0.25) is 0 Å². The van der Waals surface area contributed by atoms with Gasteiger partial charge in [0.15, 0.2) is 5.96 Å². The maximum Gasteiger partial charge on any atom is 0.307 e. The Morgan fingerprint density at radius 3 is 2.65 bits per heavy atom. The van der Waals surface area contributed by atoms with E-state index in [1.54, 1.807) is 7.11 Å².